The molecule has 0 amide bonds. The molecule has 1 saturated heterocycles. The second-order valence-electron chi connectivity index (χ2n) is 4.01. The zero-order chi connectivity index (χ0) is 9.57. The Balaban J connectivity index is 2.46. The van der Waals surface area contributed by atoms with Crippen LogP contribution in [0.1, 0.15) is 26.2 Å². The molecular weight excluding hydrogens is 158 g/mol. The number of rotatable bonds is 4. The van der Waals surface area contributed by atoms with Gasteiger partial charge in [-0.25, -0.2) is 0 Å². The average Bonchev–Trinajstić information content (AvgIpc) is 2.20. The Hall–Kier alpha value is -0.560. The summed E-state index contributed by atoms with van der Waals surface area (Å²) in [7, 11) is 0. The van der Waals surface area contributed by atoms with Crippen LogP contribution < -0.4 is 0 Å². The number of hydrogen-bond donors (Lipinski definition) is 0. The molecule has 1 aliphatic rings. The van der Waals surface area contributed by atoms with Gasteiger partial charge in [0, 0.05) is 0 Å². The first-order chi connectivity index (χ1) is 6.33. The summed E-state index contributed by atoms with van der Waals surface area (Å²) in [6, 6.07) is 0. The van der Waals surface area contributed by atoms with Gasteiger partial charge in [0.2, 0.25) is 0 Å². The number of piperidine rings is 1. The Morgan fingerprint density at radius 2 is 1.92 bits per heavy atom. The van der Waals surface area contributed by atoms with Crippen LogP contribution in [0.15, 0.2) is 24.8 Å². The average molecular weight is 180 g/mol. The van der Waals surface area contributed by atoms with Crippen molar-refractivity contribution >= 4 is 0 Å². The molecule has 0 aromatic carbocycles. The maximum atomic E-state index is 3.70. The minimum absolute atomic E-state index is 1.20. The van der Waals surface area contributed by atoms with Gasteiger partial charge in [0.1, 0.15) is 0 Å². The quantitative estimate of drug-likeness (QED) is 0.461. The Kier molecular flexibility index (Phi) is 4.23. The molecule has 0 aromatic rings. The van der Waals surface area contributed by atoms with E-state index in [1.165, 1.54) is 49.9 Å². The summed E-state index contributed by atoms with van der Waals surface area (Å²) in [5, 5.41) is 0. The van der Waals surface area contributed by atoms with Crippen molar-refractivity contribution in [2.45, 2.75) is 26.2 Å². The molecule has 0 aromatic heterocycles. The van der Waals surface area contributed by atoms with Crippen LogP contribution >= 0.6 is 0 Å². The van der Waals surface area contributed by atoms with Gasteiger partial charge >= 0.3 is 0 Å². The molecule has 1 nitrogen and oxygen atoms in total. The molecule has 1 rings (SSSR count). The first-order valence-electron chi connectivity index (χ1n) is 5.46. The normalized spacial score (nSPS) is 21.9. The third kappa shape index (κ3) is 3.00. The van der Waals surface area contributed by atoms with E-state index < -0.39 is 0 Å². The Labute approximate surface area is 82.3 Å². The molecule has 0 aliphatic carbocycles. The van der Waals surface area contributed by atoms with Gasteiger partial charge in [0.15, 0.2) is 0 Å². The summed E-state index contributed by atoms with van der Waals surface area (Å²) in [5.41, 5.74) is 0. The van der Waals surface area contributed by atoms with E-state index in [-0.39, 0.29) is 0 Å². The first-order valence-corrected chi connectivity index (χ1v) is 5.46. The molecule has 0 radical (unpaired) electrons. The lowest BCUT2D eigenvalue weighted by Crippen LogP contribution is -2.51. The van der Waals surface area contributed by atoms with Crippen LogP contribution in [0.5, 0.6) is 0 Å². The van der Waals surface area contributed by atoms with Crippen LogP contribution in [0, 0.1) is 0 Å². The summed E-state index contributed by atoms with van der Waals surface area (Å²) >= 11 is 0. The van der Waals surface area contributed by atoms with Crippen molar-refractivity contribution in [3.63, 3.8) is 0 Å². The molecule has 0 spiro atoms. The summed E-state index contributed by atoms with van der Waals surface area (Å²) < 4.78 is 1.30. The molecule has 0 N–H and O–H groups in total. The van der Waals surface area contributed by atoms with Crippen LogP contribution in [-0.2, 0) is 0 Å². The molecule has 13 heavy (non-hydrogen) atoms. The number of nitrogens with zero attached hydrogens (tertiary/aromatic N) is 1. The molecular formula is C12H22N+. The maximum absolute atomic E-state index is 3.70. The minimum Gasteiger partial charge on any atom is -0.321 e. The van der Waals surface area contributed by atoms with Gasteiger partial charge < -0.3 is 4.48 Å². The highest BCUT2D eigenvalue weighted by atomic mass is 15.3. The molecule has 0 unspecified atom stereocenters. The fourth-order valence-corrected chi connectivity index (χ4v) is 2.19. The van der Waals surface area contributed by atoms with E-state index in [2.05, 4.69) is 25.7 Å². The second-order valence-corrected chi connectivity index (χ2v) is 4.01. The van der Waals surface area contributed by atoms with E-state index in [4.69, 9.17) is 0 Å². The van der Waals surface area contributed by atoms with Gasteiger partial charge in [-0.2, -0.15) is 0 Å². The van der Waals surface area contributed by atoms with Gasteiger partial charge in [-0.1, -0.05) is 18.7 Å². The van der Waals surface area contributed by atoms with Gasteiger partial charge in [0.05, 0.1) is 26.2 Å². The lowest BCUT2D eigenvalue weighted by Gasteiger charge is -2.40. The fourth-order valence-electron chi connectivity index (χ4n) is 2.19. The number of hydrogen-bond acceptors (Lipinski definition) is 0. The largest absolute Gasteiger partial charge is 0.321 e. The standard InChI is InChI=1S/C12H22N/c1-3-5-7-10-13(4-2)11-8-6-9-12-13/h3,5,7H,1,4,6,8-12H2,2H3/q+1/b7-5+. The molecule has 0 atom stereocenters. The Bertz CT molecular complexity index is 176. The molecule has 1 heterocycles. The summed E-state index contributed by atoms with van der Waals surface area (Å²) in [5.74, 6) is 0. The maximum Gasteiger partial charge on any atom is 0.0976 e. The third-order valence-corrected chi connectivity index (χ3v) is 3.20. The van der Waals surface area contributed by atoms with E-state index in [0.717, 1.165) is 0 Å². The topological polar surface area (TPSA) is 0 Å². The Morgan fingerprint density at radius 1 is 1.23 bits per heavy atom. The lowest BCUT2D eigenvalue weighted by atomic mass is 10.1. The third-order valence-electron chi connectivity index (χ3n) is 3.20. The molecule has 74 valence electrons. The summed E-state index contributed by atoms with van der Waals surface area (Å²) in [4.78, 5) is 0. The van der Waals surface area contributed by atoms with Crippen molar-refractivity contribution in [2.24, 2.45) is 0 Å². The van der Waals surface area contributed by atoms with Crippen LogP contribution in [-0.4, -0.2) is 30.7 Å². The van der Waals surface area contributed by atoms with Crippen molar-refractivity contribution in [1.29, 1.82) is 0 Å². The van der Waals surface area contributed by atoms with Crippen LogP contribution in [0.25, 0.3) is 0 Å². The SMILES string of the molecule is C=C/C=C/C[N+]1(CC)CCCCC1. The minimum atomic E-state index is 1.20. The predicted octanol–water partition coefficient (Wildman–Crippen LogP) is 2.75. The number of likely N-dealkylation sites (N-methyl/N-ethyl adjacent to an activating group) is 1. The van der Waals surface area contributed by atoms with Gasteiger partial charge in [0.25, 0.3) is 0 Å². The van der Waals surface area contributed by atoms with Crippen molar-refractivity contribution in [3.05, 3.63) is 24.8 Å². The molecule has 1 aliphatic heterocycles. The monoisotopic (exact) mass is 180 g/mol. The van der Waals surface area contributed by atoms with E-state index in [1.807, 2.05) is 6.08 Å². The van der Waals surface area contributed by atoms with Crippen molar-refractivity contribution in [2.75, 3.05) is 26.2 Å². The van der Waals surface area contributed by atoms with Crippen LogP contribution in [0.4, 0.5) is 0 Å². The van der Waals surface area contributed by atoms with Crippen LogP contribution in [0.2, 0.25) is 0 Å². The summed E-state index contributed by atoms with van der Waals surface area (Å²) in [6.45, 7) is 11.2. The second kappa shape index (κ2) is 5.23. The first kappa shape index (κ1) is 10.5. The van der Waals surface area contributed by atoms with E-state index in [1.54, 1.807) is 0 Å². The van der Waals surface area contributed by atoms with Gasteiger partial charge in [-0.15, -0.1) is 0 Å². The van der Waals surface area contributed by atoms with Crippen molar-refractivity contribution in [1.82, 2.24) is 0 Å². The predicted molar refractivity (Wildman–Crippen MR) is 58.6 cm³/mol. The molecule has 0 saturated carbocycles. The highest BCUT2D eigenvalue weighted by molar-refractivity contribution is 4.97. The number of quaternary nitrogens is 1. The van der Waals surface area contributed by atoms with Gasteiger partial charge in [-0.05, 0) is 32.3 Å². The molecule has 1 fully saturated rings. The highest BCUT2D eigenvalue weighted by Gasteiger charge is 2.25. The van der Waals surface area contributed by atoms with Crippen LogP contribution in [0.3, 0.4) is 0 Å². The molecule has 1 heteroatoms. The van der Waals surface area contributed by atoms with Gasteiger partial charge in [-0.3, -0.25) is 0 Å². The summed E-state index contributed by atoms with van der Waals surface area (Å²) in [6.07, 6.45) is 10.5. The fraction of sp³-hybridized carbons (Fsp3) is 0.667. The lowest BCUT2D eigenvalue weighted by molar-refractivity contribution is -0.925. The zero-order valence-electron chi connectivity index (χ0n) is 8.84. The van der Waals surface area contributed by atoms with E-state index in [9.17, 15) is 0 Å². The van der Waals surface area contributed by atoms with E-state index >= 15 is 0 Å². The number of allylic oxidation sites excluding steroid dienone is 2. The van der Waals surface area contributed by atoms with Crippen molar-refractivity contribution < 1.29 is 4.48 Å². The van der Waals surface area contributed by atoms with E-state index in [0.29, 0.717) is 0 Å². The van der Waals surface area contributed by atoms with Crippen molar-refractivity contribution in [3.8, 4) is 0 Å². The Morgan fingerprint density at radius 3 is 2.46 bits per heavy atom. The zero-order valence-corrected chi connectivity index (χ0v) is 8.84. The smallest absolute Gasteiger partial charge is 0.0976 e. The number of likely N-dealkylation sites (tertiary alicyclic amines) is 1. The molecule has 0 bridgehead atoms. The highest BCUT2D eigenvalue weighted by Crippen LogP contribution is 2.18.